The SMILES string of the molecule is CCC(=O)CC(=O)C[C@H]1CCOC1=O. The molecule has 14 heavy (non-hydrogen) atoms. The summed E-state index contributed by atoms with van der Waals surface area (Å²) in [5, 5.41) is 0. The van der Waals surface area contributed by atoms with E-state index in [4.69, 9.17) is 4.74 Å². The molecule has 0 unspecified atom stereocenters. The van der Waals surface area contributed by atoms with Gasteiger partial charge < -0.3 is 4.74 Å². The lowest BCUT2D eigenvalue weighted by Crippen LogP contribution is -2.15. The molecule has 0 bridgehead atoms. The molecule has 0 N–H and O–H groups in total. The van der Waals surface area contributed by atoms with Gasteiger partial charge in [0.1, 0.15) is 11.6 Å². The molecule has 1 atom stereocenters. The molecular formula is C10H14O4. The van der Waals surface area contributed by atoms with Gasteiger partial charge in [-0.15, -0.1) is 0 Å². The molecule has 0 aromatic carbocycles. The van der Waals surface area contributed by atoms with Gasteiger partial charge in [0.25, 0.3) is 0 Å². The van der Waals surface area contributed by atoms with E-state index in [1.54, 1.807) is 6.92 Å². The second-order valence-corrected chi connectivity index (χ2v) is 3.46. The van der Waals surface area contributed by atoms with Gasteiger partial charge in [0.2, 0.25) is 0 Å². The lowest BCUT2D eigenvalue weighted by atomic mass is 9.98. The molecule has 0 aromatic rings. The minimum Gasteiger partial charge on any atom is -0.465 e. The van der Waals surface area contributed by atoms with Crippen LogP contribution in [0.25, 0.3) is 0 Å². The van der Waals surface area contributed by atoms with Gasteiger partial charge in [0.15, 0.2) is 0 Å². The van der Waals surface area contributed by atoms with Crippen molar-refractivity contribution in [2.24, 2.45) is 5.92 Å². The molecule has 1 aliphatic rings. The second-order valence-electron chi connectivity index (χ2n) is 3.46. The largest absolute Gasteiger partial charge is 0.465 e. The molecule has 4 nitrogen and oxygen atoms in total. The fourth-order valence-corrected chi connectivity index (χ4v) is 1.41. The van der Waals surface area contributed by atoms with Gasteiger partial charge in [0, 0.05) is 12.8 Å². The van der Waals surface area contributed by atoms with Crippen molar-refractivity contribution in [1.82, 2.24) is 0 Å². The van der Waals surface area contributed by atoms with Gasteiger partial charge in [-0.2, -0.15) is 0 Å². The predicted octanol–water partition coefficient (Wildman–Crippen LogP) is 0.878. The van der Waals surface area contributed by atoms with E-state index in [1.165, 1.54) is 0 Å². The first-order chi connectivity index (χ1) is 6.63. The lowest BCUT2D eigenvalue weighted by Gasteiger charge is -2.02. The minimum atomic E-state index is -0.313. The average molecular weight is 198 g/mol. The Morgan fingerprint density at radius 2 is 2.14 bits per heavy atom. The first kappa shape index (κ1) is 10.9. The number of cyclic esters (lactones) is 1. The Bertz CT molecular complexity index is 257. The highest BCUT2D eigenvalue weighted by Crippen LogP contribution is 2.19. The van der Waals surface area contributed by atoms with Crippen LogP contribution < -0.4 is 0 Å². The Kier molecular flexibility index (Phi) is 3.80. The van der Waals surface area contributed by atoms with Crippen molar-refractivity contribution < 1.29 is 19.1 Å². The molecular weight excluding hydrogens is 184 g/mol. The molecule has 1 rings (SSSR count). The van der Waals surface area contributed by atoms with Crippen molar-refractivity contribution in [3.63, 3.8) is 0 Å². The Hall–Kier alpha value is -1.19. The van der Waals surface area contributed by atoms with Crippen molar-refractivity contribution in [3.8, 4) is 0 Å². The summed E-state index contributed by atoms with van der Waals surface area (Å²) in [4.78, 5) is 33.2. The molecule has 0 saturated carbocycles. The van der Waals surface area contributed by atoms with E-state index in [2.05, 4.69) is 0 Å². The number of ketones is 2. The van der Waals surface area contributed by atoms with Crippen LogP contribution in [0.1, 0.15) is 32.6 Å². The number of Topliss-reactive ketones (excluding diaryl/α,β-unsaturated/α-hetero) is 2. The summed E-state index contributed by atoms with van der Waals surface area (Å²) in [6.45, 7) is 2.12. The number of carbonyl (C=O) groups is 3. The molecule has 1 saturated heterocycles. The number of esters is 1. The zero-order chi connectivity index (χ0) is 10.6. The number of hydrogen-bond acceptors (Lipinski definition) is 4. The van der Waals surface area contributed by atoms with E-state index >= 15 is 0 Å². The standard InChI is InChI=1S/C10H14O4/c1-2-8(11)6-9(12)5-7-3-4-14-10(7)13/h7H,2-6H2,1H3/t7-/m1/s1. The van der Waals surface area contributed by atoms with Gasteiger partial charge in [-0.05, 0) is 6.42 Å². The zero-order valence-corrected chi connectivity index (χ0v) is 8.25. The van der Waals surface area contributed by atoms with Crippen molar-refractivity contribution in [3.05, 3.63) is 0 Å². The molecule has 4 heteroatoms. The summed E-state index contributed by atoms with van der Waals surface area (Å²) in [7, 11) is 0. The van der Waals surface area contributed by atoms with Crippen LogP contribution in [0.5, 0.6) is 0 Å². The monoisotopic (exact) mass is 198 g/mol. The number of carbonyl (C=O) groups excluding carboxylic acids is 3. The summed E-state index contributed by atoms with van der Waals surface area (Å²) in [6.07, 6.45) is 1.09. The topological polar surface area (TPSA) is 60.4 Å². The summed E-state index contributed by atoms with van der Waals surface area (Å²) in [5.41, 5.74) is 0. The maximum absolute atomic E-state index is 11.3. The first-order valence-corrected chi connectivity index (χ1v) is 4.83. The first-order valence-electron chi connectivity index (χ1n) is 4.83. The highest BCUT2D eigenvalue weighted by atomic mass is 16.5. The van der Waals surface area contributed by atoms with Crippen molar-refractivity contribution in [2.45, 2.75) is 32.6 Å². The highest BCUT2D eigenvalue weighted by molar-refractivity contribution is 6.00. The van der Waals surface area contributed by atoms with Crippen molar-refractivity contribution in [2.75, 3.05) is 6.61 Å². The molecule has 1 fully saturated rings. The van der Waals surface area contributed by atoms with Crippen LogP contribution >= 0.6 is 0 Å². The van der Waals surface area contributed by atoms with Gasteiger partial charge in [-0.25, -0.2) is 0 Å². The van der Waals surface area contributed by atoms with Crippen LogP contribution in [0.4, 0.5) is 0 Å². The lowest BCUT2D eigenvalue weighted by molar-refractivity contribution is -0.143. The van der Waals surface area contributed by atoms with Gasteiger partial charge in [0.05, 0.1) is 18.9 Å². The maximum Gasteiger partial charge on any atom is 0.309 e. The van der Waals surface area contributed by atoms with E-state index < -0.39 is 0 Å². The summed E-state index contributed by atoms with van der Waals surface area (Å²) < 4.78 is 4.72. The van der Waals surface area contributed by atoms with E-state index in [0.29, 0.717) is 19.4 Å². The van der Waals surface area contributed by atoms with Crippen LogP contribution in [-0.2, 0) is 19.1 Å². The van der Waals surface area contributed by atoms with Gasteiger partial charge in [-0.1, -0.05) is 6.92 Å². The quantitative estimate of drug-likeness (QED) is 0.486. The van der Waals surface area contributed by atoms with Crippen LogP contribution in [0, 0.1) is 5.92 Å². The summed E-state index contributed by atoms with van der Waals surface area (Å²) in [5.74, 6) is -0.837. The fourth-order valence-electron chi connectivity index (χ4n) is 1.41. The molecule has 0 amide bonds. The maximum atomic E-state index is 11.3. The van der Waals surface area contributed by atoms with Crippen molar-refractivity contribution in [1.29, 1.82) is 0 Å². The third-order valence-corrected chi connectivity index (χ3v) is 2.31. The molecule has 0 radical (unpaired) electrons. The van der Waals surface area contributed by atoms with Crippen LogP contribution in [0.3, 0.4) is 0 Å². The van der Waals surface area contributed by atoms with E-state index in [-0.39, 0.29) is 36.3 Å². The molecule has 0 spiro atoms. The zero-order valence-electron chi connectivity index (χ0n) is 8.25. The Morgan fingerprint density at radius 3 is 2.64 bits per heavy atom. The number of ether oxygens (including phenoxy) is 1. The molecule has 78 valence electrons. The molecule has 0 aromatic heterocycles. The van der Waals surface area contributed by atoms with Crippen LogP contribution in [0.15, 0.2) is 0 Å². The Balaban J connectivity index is 2.33. The van der Waals surface area contributed by atoms with Gasteiger partial charge in [-0.3, -0.25) is 14.4 Å². The molecule has 1 heterocycles. The second kappa shape index (κ2) is 4.88. The minimum absolute atomic E-state index is 0.0414. The van der Waals surface area contributed by atoms with E-state index in [9.17, 15) is 14.4 Å². The van der Waals surface area contributed by atoms with Gasteiger partial charge >= 0.3 is 5.97 Å². The third kappa shape index (κ3) is 2.94. The average Bonchev–Trinajstić information content (AvgIpc) is 2.51. The highest BCUT2D eigenvalue weighted by Gasteiger charge is 2.28. The summed E-state index contributed by atoms with van der Waals surface area (Å²) >= 11 is 0. The van der Waals surface area contributed by atoms with E-state index in [0.717, 1.165) is 0 Å². The van der Waals surface area contributed by atoms with Crippen LogP contribution in [0.2, 0.25) is 0 Å². The smallest absolute Gasteiger partial charge is 0.309 e. The number of hydrogen-bond donors (Lipinski definition) is 0. The molecule has 1 aliphatic heterocycles. The fraction of sp³-hybridized carbons (Fsp3) is 0.700. The van der Waals surface area contributed by atoms with E-state index in [1.807, 2.05) is 0 Å². The predicted molar refractivity (Wildman–Crippen MR) is 48.6 cm³/mol. The Labute approximate surface area is 82.6 Å². The number of rotatable bonds is 5. The van der Waals surface area contributed by atoms with Crippen molar-refractivity contribution >= 4 is 17.5 Å². The Morgan fingerprint density at radius 1 is 1.43 bits per heavy atom. The normalized spacial score (nSPS) is 20.6. The van der Waals surface area contributed by atoms with Crippen LogP contribution in [-0.4, -0.2) is 24.1 Å². The summed E-state index contributed by atoms with van der Waals surface area (Å²) in [6, 6.07) is 0. The molecule has 0 aliphatic carbocycles. The third-order valence-electron chi connectivity index (χ3n) is 2.31.